The van der Waals surface area contributed by atoms with E-state index in [1.54, 1.807) is 54.5 Å². The van der Waals surface area contributed by atoms with Crippen molar-refractivity contribution in [2.45, 2.75) is 10.8 Å². The maximum Gasteiger partial charge on any atom is 0.243 e. The van der Waals surface area contributed by atoms with Gasteiger partial charge in [0.05, 0.1) is 17.0 Å². The fourth-order valence-corrected chi connectivity index (χ4v) is 4.48. The predicted molar refractivity (Wildman–Crippen MR) is 83.8 cm³/mol. The molecule has 3 rings (SSSR count). The lowest BCUT2D eigenvalue weighted by Gasteiger charge is -2.16. The van der Waals surface area contributed by atoms with Crippen molar-refractivity contribution in [3.8, 4) is 0 Å². The summed E-state index contributed by atoms with van der Waals surface area (Å²) in [6.45, 7) is 0.308. The van der Waals surface area contributed by atoms with Crippen molar-refractivity contribution in [2.24, 2.45) is 18.7 Å². The molecule has 7 nitrogen and oxygen atoms in total. The molecule has 0 saturated carbocycles. The summed E-state index contributed by atoms with van der Waals surface area (Å²) in [6, 6.07) is 8.20. The van der Waals surface area contributed by atoms with Crippen molar-refractivity contribution in [1.82, 2.24) is 14.1 Å². The van der Waals surface area contributed by atoms with Gasteiger partial charge in [-0.15, -0.1) is 0 Å². The molecular formula is C15H18N4O3S. The highest BCUT2D eigenvalue weighted by atomic mass is 32.2. The molecule has 1 aliphatic heterocycles. The first-order valence-corrected chi connectivity index (χ1v) is 8.66. The van der Waals surface area contributed by atoms with E-state index in [9.17, 15) is 13.2 Å². The number of nitrogens with zero attached hydrogens (tertiary/aromatic N) is 3. The Morgan fingerprint density at radius 1 is 1.26 bits per heavy atom. The van der Waals surface area contributed by atoms with Gasteiger partial charge < -0.3 is 5.73 Å². The summed E-state index contributed by atoms with van der Waals surface area (Å²) >= 11 is 0. The molecule has 23 heavy (non-hydrogen) atoms. The first kappa shape index (κ1) is 15.7. The van der Waals surface area contributed by atoms with Gasteiger partial charge in [0, 0.05) is 32.3 Å². The minimum Gasteiger partial charge on any atom is -0.369 e. The van der Waals surface area contributed by atoms with E-state index in [2.05, 4.69) is 5.10 Å². The number of carbonyl (C=O) groups is 1. The number of rotatable bonds is 4. The lowest BCUT2D eigenvalue weighted by molar-refractivity contribution is -0.121. The lowest BCUT2D eigenvalue weighted by Crippen LogP contribution is -2.32. The minimum atomic E-state index is -3.64. The van der Waals surface area contributed by atoms with Crippen LogP contribution in [-0.2, 0) is 21.9 Å². The quantitative estimate of drug-likeness (QED) is 0.870. The largest absolute Gasteiger partial charge is 0.369 e. The topological polar surface area (TPSA) is 98.3 Å². The maximum absolute atomic E-state index is 12.7. The van der Waals surface area contributed by atoms with Crippen molar-refractivity contribution in [3.05, 3.63) is 48.3 Å². The van der Waals surface area contributed by atoms with Crippen LogP contribution in [0.15, 0.2) is 47.6 Å². The maximum atomic E-state index is 12.7. The fourth-order valence-electron chi connectivity index (χ4n) is 2.96. The van der Waals surface area contributed by atoms with Crippen molar-refractivity contribution in [2.75, 3.05) is 13.1 Å². The third-order valence-corrected chi connectivity index (χ3v) is 6.03. The Bertz CT molecular complexity index is 816. The van der Waals surface area contributed by atoms with E-state index in [4.69, 9.17) is 5.73 Å². The molecule has 8 heteroatoms. The van der Waals surface area contributed by atoms with Crippen LogP contribution in [0.3, 0.4) is 0 Å². The molecule has 0 aliphatic carbocycles. The monoisotopic (exact) mass is 334 g/mol. The van der Waals surface area contributed by atoms with Gasteiger partial charge in [0.1, 0.15) is 0 Å². The number of primary amides is 1. The molecule has 0 bridgehead atoms. The van der Waals surface area contributed by atoms with Gasteiger partial charge in [-0.25, -0.2) is 8.42 Å². The van der Waals surface area contributed by atoms with Crippen LogP contribution in [0.25, 0.3) is 0 Å². The van der Waals surface area contributed by atoms with Crippen molar-refractivity contribution < 1.29 is 13.2 Å². The second-order valence-corrected chi connectivity index (χ2v) is 7.64. The Labute approximate surface area is 134 Å². The summed E-state index contributed by atoms with van der Waals surface area (Å²) in [5.41, 5.74) is 6.31. The van der Waals surface area contributed by atoms with Gasteiger partial charge in [-0.3, -0.25) is 9.48 Å². The number of hydrogen-bond acceptors (Lipinski definition) is 4. The first-order valence-electron chi connectivity index (χ1n) is 7.22. The van der Waals surface area contributed by atoms with Crippen LogP contribution in [-0.4, -0.2) is 41.5 Å². The summed E-state index contributed by atoms with van der Waals surface area (Å²) in [4.78, 5) is 12.0. The van der Waals surface area contributed by atoms with Gasteiger partial charge in [0.25, 0.3) is 0 Å². The average Bonchev–Trinajstić information content (AvgIpc) is 3.14. The van der Waals surface area contributed by atoms with Crippen LogP contribution in [0.2, 0.25) is 0 Å². The van der Waals surface area contributed by atoms with Crippen LogP contribution >= 0.6 is 0 Å². The molecule has 0 spiro atoms. The zero-order valence-corrected chi connectivity index (χ0v) is 13.5. The van der Waals surface area contributed by atoms with E-state index in [0.717, 1.165) is 5.56 Å². The highest BCUT2D eigenvalue weighted by Gasteiger charge is 2.43. The summed E-state index contributed by atoms with van der Waals surface area (Å²) in [6.07, 6.45) is 3.44. The molecule has 1 fully saturated rings. The molecule has 2 atom stereocenters. The van der Waals surface area contributed by atoms with Crippen molar-refractivity contribution in [1.29, 1.82) is 0 Å². The molecule has 2 aromatic rings. The summed E-state index contributed by atoms with van der Waals surface area (Å²) in [7, 11) is -1.87. The second-order valence-electron chi connectivity index (χ2n) is 5.70. The molecule has 2 N–H and O–H groups in total. The Balaban J connectivity index is 1.93. The fraction of sp³-hybridized carbons (Fsp3) is 0.333. The van der Waals surface area contributed by atoms with E-state index in [1.165, 1.54) is 4.31 Å². The zero-order valence-electron chi connectivity index (χ0n) is 12.7. The third-order valence-electron chi connectivity index (χ3n) is 4.19. The number of nitrogens with two attached hydrogens (primary N) is 1. The third kappa shape index (κ3) is 2.87. The standard InChI is InChI=1S/C15H18N4O3S/c1-18-8-11(7-17-18)13-9-19(10-14(13)15(16)20)23(21,22)12-5-3-2-4-6-12/h2-8,13-14H,9-10H2,1H3,(H2,16,20)/t13-,14+/m1/s1. The molecular weight excluding hydrogens is 316 g/mol. The Hall–Kier alpha value is -2.19. The summed E-state index contributed by atoms with van der Waals surface area (Å²) in [5, 5.41) is 4.10. The van der Waals surface area contributed by atoms with E-state index in [-0.39, 0.29) is 23.9 Å². The number of carbonyl (C=O) groups excluding carboxylic acids is 1. The number of aromatic nitrogens is 2. The van der Waals surface area contributed by atoms with Crippen LogP contribution in [0.1, 0.15) is 11.5 Å². The van der Waals surface area contributed by atoms with Gasteiger partial charge >= 0.3 is 0 Å². The van der Waals surface area contributed by atoms with Crippen LogP contribution < -0.4 is 5.73 Å². The number of benzene rings is 1. The van der Waals surface area contributed by atoms with Crippen LogP contribution in [0.4, 0.5) is 0 Å². The first-order chi connectivity index (χ1) is 10.9. The van der Waals surface area contributed by atoms with Gasteiger partial charge in [-0.2, -0.15) is 9.40 Å². The molecule has 1 aliphatic rings. The predicted octanol–water partition coefficient (Wildman–Crippen LogP) is 0.310. The van der Waals surface area contributed by atoms with Gasteiger partial charge in [-0.05, 0) is 17.7 Å². The second kappa shape index (κ2) is 5.78. The average molecular weight is 334 g/mol. The van der Waals surface area contributed by atoms with E-state index in [0.29, 0.717) is 0 Å². The molecule has 2 heterocycles. The normalized spacial score (nSPS) is 22.3. The smallest absolute Gasteiger partial charge is 0.243 e. The molecule has 1 aromatic carbocycles. The van der Waals surface area contributed by atoms with E-state index in [1.807, 2.05) is 0 Å². The highest BCUT2D eigenvalue weighted by molar-refractivity contribution is 7.89. The van der Waals surface area contributed by atoms with E-state index < -0.39 is 21.8 Å². The number of hydrogen-bond donors (Lipinski definition) is 1. The van der Waals surface area contributed by atoms with Crippen LogP contribution in [0, 0.1) is 5.92 Å². The van der Waals surface area contributed by atoms with Crippen molar-refractivity contribution in [3.63, 3.8) is 0 Å². The lowest BCUT2D eigenvalue weighted by atomic mass is 9.90. The Kier molecular flexibility index (Phi) is 3.95. The van der Waals surface area contributed by atoms with Crippen LogP contribution in [0.5, 0.6) is 0 Å². The number of sulfonamides is 1. The number of amides is 1. The number of aryl methyl sites for hydroxylation is 1. The molecule has 0 radical (unpaired) electrons. The Morgan fingerprint density at radius 3 is 2.52 bits per heavy atom. The molecule has 1 amide bonds. The van der Waals surface area contributed by atoms with Gasteiger partial charge in [0.15, 0.2) is 0 Å². The van der Waals surface area contributed by atoms with Gasteiger partial charge in [-0.1, -0.05) is 18.2 Å². The Morgan fingerprint density at radius 2 is 1.96 bits per heavy atom. The van der Waals surface area contributed by atoms with Gasteiger partial charge in [0.2, 0.25) is 15.9 Å². The minimum absolute atomic E-state index is 0.0894. The summed E-state index contributed by atoms with van der Waals surface area (Å²) < 4.78 is 28.4. The highest BCUT2D eigenvalue weighted by Crippen LogP contribution is 2.35. The molecule has 122 valence electrons. The summed E-state index contributed by atoms with van der Waals surface area (Å²) in [5.74, 6) is -1.33. The van der Waals surface area contributed by atoms with Crippen molar-refractivity contribution >= 4 is 15.9 Å². The molecule has 1 saturated heterocycles. The zero-order chi connectivity index (χ0) is 16.6. The SMILES string of the molecule is Cn1cc([C@H]2CN(S(=O)(=O)c3ccccc3)C[C@@H]2C(N)=O)cn1. The molecule has 1 aromatic heterocycles. The van der Waals surface area contributed by atoms with E-state index >= 15 is 0 Å². The molecule has 0 unspecified atom stereocenters.